The first-order valence-electron chi connectivity index (χ1n) is 7.58. The van der Waals surface area contributed by atoms with E-state index in [9.17, 15) is 22.8 Å². The minimum absolute atomic E-state index is 0.0382. The van der Waals surface area contributed by atoms with Gasteiger partial charge in [0.1, 0.15) is 11.6 Å². The molecule has 0 aliphatic carbocycles. The summed E-state index contributed by atoms with van der Waals surface area (Å²) in [7, 11) is 0. The second kappa shape index (κ2) is 8.69. The molecule has 144 valence electrons. The number of hydrazine groups is 1. The van der Waals surface area contributed by atoms with E-state index in [0.29, 0.717) is 30.0 Å². The highest BCUT2D eigenvalue weighted by atomic mass is 35.5. The largest absolute Gasteiger partial charge is 0.417 e. The Morgan fingerprint density at radius 3 is 2.77 bits per heavy atom. The van der Waals surface area contributed by atoms with Crippen LogP contribution in [0.15, 0.2) is 17.1 Å². The summed E-state index contributed by atoms with van der Waals surface area (Å²) in [6.07, 6.45) is -2.25. The maximum Gasteiger partial charge on any atom is 0.417 e. The standard InChI is InChI=1S/C14H16ClF3N4O3S/c15-10-4-8(14(16,17)18)6-22(12(10)24)7-11(23)20-21-13(26)19-5-9-2-1-3-25-9/h4,6,9H,1-3,5,7H2,(H,20,23)(H2,19,21,26)/t9-/m0/s1. The van der Waals surface area contributed by atoms with E-state index >= 15 is 0 Å². The van der Waals surface area contributed by atoms with Crippen molar-refractivity contribution >= 4 is 34.8 Å². The van der Waals surface area contributed by atoms with E-state index in [4.69, 9.17) is 28.6 Å². The normalized spacial score (nSPS) is 17.0. The molecule has 0 unspecified atom stereocenters. The van der Waals surface area contributed by atoms with Crippen LogP contribution in [0, 0.1) is 0 Å². The summed E-state index contributed by atoms with van der Waals surface area (Å²) < 4.78 is 44.2. The molecule has 0 saturated carbocycles. The van der Waals surface area contributed by atoms with Crippen molar-refractivity contribution in [1.29, 1.82) is 0 Å². The fourth-order valence-corrected chi connectivity index (χ4v) is 2.61. The monoisotopic (exact) mass is 412 g/mol. The number of hydrogen-bond donors (Lipinski definition) is 3. The van der Waals surface area contributed by atoms with E-state index in [0.717, 1.165) is 12.8 Å². The topological polar surface area (TPSA) is 84.4 Å². The van der Waals surface area contributed by atoms with Crippen LogP contribution in [-0.4, -0.2) is 34.8 Å². The average Bonchev–Trinajstić information content (AvgIpc) is 3.07. The maximum absolute atomic E-state index is 12.8. The Hall–Kier alpha value is -1.85. The first-order valence-corrected chi connectivity index (χ1v) is 8.37. The molecule has 7 nitrogen and oxygen atoms in total. The molecule has 12 heteroatoms. The van der Waals surface area contributed by atoms with Gasteiger partial charge in [-0.25, -0.2) is 0 Å². The van der Waals surface area contributed by atoms with Gasteiger partial charge in [-0.05, 0) is 31.1 Å². The molecule has 0 spiro atoms. The molecule has 1 atom stereocenters. The molecule has 0 aromatic carbocycles. The Morgan fingerprint density at radius 2 is 2.15 bits per heavy atom. The highest BCUT2D eigenvalue weighted by Gasteiger charge is 2.32. The van der Waals surface area contributed by atoms with Gasteiger partial charge < -0.3 is 14.6 Å². The number of alkyl halides is 3. The molecule has 1 aliphatic rings. The van der Waals surface area contributed by atoms with E-state index in [2.05, 4.69) is 16.2 Å². The first-order chi connectivity index (χ1) is 12.2. The molecule has 1 aromatic rings. The lowest BCUT2D eigenvalue weighted by Gasteiger charge is -2.15. The highest BCUT2D eigenvalue weighted by Crippen LogP contribution is 2.29. The van der Waals surface area contributed by atoms with Gasteiger partial charge in [0.25, 0.3) is 11.5 Å². The number of hydrogen-bond acceptors (Lipinski definition) is 4. The molecule has 1 aromatic heterocycles. The maximum atomic E-state index is 12.8. The van der Waals surface area contributed by atoms with Crippen molar-refractivity contribution in [3.05, 3.63) is 33.2 Å². The van der Waals surface area contributed by atoms with Crippen LogP contribution >= 0.6 is 23.8 Å². The summed E-state index contributed by atoms with van der Waals surface area (Å²) in [6, 6.07) is 0.515. The van der Waals surface area contributed by atoms with Gasteiger partial charge in [0.15, 0.2) is 5.11 Å². The van der Waals surface area contributed by atoms with Crippen molar-refractivity contribution in [3.8, 4) is 0 Å². The van der Waals surface area contributed by atoms with E-state index in [1.165, 1.54) is 0 Å². The van der Waals surface area contributed by atoms with Gasteiger partial charge in [0.2, 0.25) is 0 Å². The zero-order valence-corrected chi connectivity index (χ0v) is 14.9. The Bertz CT molecular complexity index is 735. The van der Waals surface area contributed by atoms with Gasteiger partial charge in [-0.3, -0.25) is 20.4 Å². The van der Waals surface area contributed by atoms with Gasteiger partial charge in [0, 0.05) is 19.3 Å². The molecular formula is C14H16ClF3N4O3S. The molecule has 1 amide bonds. The van der Waals surface area contributed by atoms with Gasteiger partial charge in [0.05, 0.1) is 11.7 Å². The van der Waals surface area contributed by atoms with Gasteiger partial charge in [-0.15, -0.1) is 0 Å². The molecule has 26 heavy (non-hydrogen) atoms. The van der Waals surface area contributed by atoms with Crippen LogP contribution in [-0.2, 0) is 22.3 Å². The number of halogens is 4. The number of carbonyl (C=O) groups is 1. The summed E-state index contributed by atoms with van der Waals surface area (Å²) in [4.78, 5) is 23.6. The molecule has 0 radical (unpaired) electrons. The van der Waals surface area contributed by atoms with Crippen LogP contribution in [0.5, 0.6) is 0 Å². The van der Waals surface area contributed by atoms with Crippen LogP contribution in [0.3, 0.4) is 0 Å². The predicted octanol–water partition coefficient (Wildman–Crippen LogP) is 1.19. The lowest BCUT2D eigenvalue weighted by atomic mass is 10.2. The van der Waals surface area contributed by atoms with E-state index in [1.54, 1.807) is 0 Å². The van der Waals surface area contributed by atoms with Crippen LogP contribution in [0.1, 0.15) is 18.4 Å². The van der Waals surface area contributed by atoms with Crippen LogP contribution < -0.4 is 21.7 Å². The Kier molecular flexibility index (Phi) is 6.84. The Balaban J connectivity index is 1.88. The fourth-order valence-electron chi connectivity index (χ4n) is 2.25. The zero-order chi connectivity index (χ0) is 19.3. The SMILES string of the molecule is O=C(Cn1cc(C(F)(F)F)cc(Cl)c1=O)NNC(=S)NC[C@@H]1CCCO1. The number of thiocarbonyl (C=S) groups is 1. The lowest BCUT2D eigenvalue weighted by Crippen LogP contribution is -2.49. The Morgan fingerprint density at radius 1 is 1.42 bits per heavy atom. The van der Waals surface area contributed by atoms with Crippen molar-refractivity contribution < 1.29 is 22.7 Å². The number of nitrogens with zero attached hydrogens (tertiary/aromatic N) is 1. The number of rotatable bonds is 4. The molecule has 2 rings (SSSR count). The first kappa shape index (κ1) is 20.5. The van der Waals surface area contributed by atoms with Crippen molar-refractivity contribution in [2.75, 3.05) is 13.2 Å². The number of aromatic nitrogens is 1. The molecule has 0 bridgehead atoms. The van der Waals surface area contributed by atoms with E-state index in [1.807, 2.05) is 0 Å². The average molecular weight is 413 g/mol. The van der Waals surface area contributed by atoms with Crippen LogP contribution in [0.2, 0.25) is 5.02 Å². The van der Waals surface area contributed by atoms with Crippen LogP contribution in [0.4, 0.5) is 13.2 Å². The van der Waals surface area contributed by atoms with Crippen LogP contribution in [0.25, 0.3) is 0 Å². The summed E-state index contributed by atoms with van der Waals surface area (Å²) in [5.74, 6) is -0.774. The molecule has 1 fully saturated rings. The minimum atomic E-state index is -4.69. The van der Waals surface area contributed by atoms with Gasteiger partial charge >= 0.3 is 6.18 Å². The van der Waals surface area contributed by atoms with Gasteiger partial charge in [-0.2, -0.15) is 13.2 Å². The predicted molar refractivity (Wildman–Crippen MR) is 91.6 cm³/mol. The lowest BCUT2D eigenvalue weighted by molar-refractivity contribution is -0.138. The van der Waals surface area contributed by atoms with E-state index < -0.39 is 34.8 Å². The molecule has 1 saturated heterocycles. The summed E-state index contributed by atoms with van der Waals surface area (Å²) in [5.41, 5.74) is 2.56. The number of nitrogens with one attached hydrogen (secondary N) is 3. The zero-order valence-electron chi connectivity index (χ0n) is 13.4. The summed E-state index contributed by atoms with van der Waals surface area (Å²) >= 11 is 10.5. The summed E-state index contributed by atoms with van der Waals surface area (Å²) in [6.45, 7) is 0.492. The third-order valence-electron chi connectivity index (χ3n) is 3.51. The minimum Gasteiger partial charge on any atom is -0.376 e. The Labute approximate surface area is 156 Å². The molecule has 3 N–H and O–H groups in total. The third-order valence-corrected chi connectivity index (χ3v) is 4.03. The van der Waals surface area contributed by atoms with Crippen molar-refractivity contribution in [3.63, 3.8) is 0 Å². The number of ether oxygens (including phenoxy) is 1. The number of carbonyl (C=O) groups excluding carboxylic acids is 1. The van der Waals surface area contributed by atoms with Crippen molar-refractivity contribution in [1.82, 2.24) is 20.7 Å². The fraction of sp³-hybridized carbons (Fsp3) is 0.500. The quantitative estimate of drug-likeness (QED) is 0.509. The number of pyridine rings is 1. The van der Waals surface area contributed by atoms with E-state index in [-0.39, 0.29) is 11.2 Å². The second-order valence-corrected chi connectivity index (χ2v) is 6.34. The van der Waals surface area contributed by atoms with Crippen molar-refractivity contribution in [2.24, 2.45) is 0 Å². The molecule has 1 aliphatic heterocycles. The highest BCUT2D eigenvalue weighted by molar-refractivity contribution is 7.80. The van der Waals surface area contributed by atoms with Crippen molar-refractivity contribution in [2.45, 2.75) is 31.7 Å². The second-order valence-electron chi connectivity index (χ2n) is 5.53. The van der Waals surface area contributed by atoms with Gasteiger partial charge in [-0.1, -0.05) is 11.6 Å². The number of amides is 1. The summed E-state index contributed by atoms with van der Waals surface area (Å²) in [5, 5.41) is 2.32. The third kappa shape index (κ3) is 5.85. The molecular weight excluding hydrogens is 397 g/mol. The smallest absolute Gasteiger partial charge is 0.376 e. The molecule has 2 heterocycles.